The number of aliphatic hydroxyl groups is 1. The molecule has 1 aromatic carbocycles. The van der Waals surface area contributed by atoms with Crippen molar-refractivity contribution in [1.29, 1.82) is 0 Å². The Labute approximate surface area is 117 Å². The van der Waals surface area contributed by atoms with Gasteiger partial charge >= 0.3 is 0 Å². The van der Waals surface area contributed by atoms with E-state index in [1.54, 1.807) is 0 Å². The minimum Gasteiger partial charge on any atom is -0.393 e. The van der Waals surface area contributed by atoms with Crippen molar-refractivity contribution < 1.29 is 5.11 Å². The van der Waals surface area contributed by atoms with E-state index in [1.165, 1.54) is 44.1 Å². The van der Waals surface area contributed by atoms with Crippen molar-refractivity contribution in [3.05, 3.63) is 35.9 Å². The van der Waals surface area contributed by atoms with E-state index < -0.39 is 0 Å². The molecule has 2 saturated carbocycles. The van der Waals surface area contributed by atoms with Crippen molar-refractivity contribution in [1.82, 2.24) is 0 Å². The van der Waals surface area contributed by atoms with E-state index in [2.05, 4.69) is 37.3 Å². The molecular formula is C18H26O. The number of rotatable bonds is 4. The van der Waals surface area contributed by atoms with E-state index in [-0.39, 0.29) is 6.10 Å². The summed E-state index contributed by atoms with van der Waals surface area (Å²) in [5.41, 5.74) is 1.42. The van der Waals surface area contributed by atoms with Crippen molar-refractivity contribution in [3.8, 4) is 0 Å². The fourth-order valence-electron chi connectivity index (χ4n) is 3.96. The molecular weight excluding hydrogens is 232 g/mol. The Morgan fingerprint density at radius 3 is 2.42 bits per heavy atom. The topological polar surface area (TPSA) is 20.2 Å². The lowest BCUT2D eigenvalue weighted by molar-refractivity contribution is 0.0543. The zero-order valence-corrected chi connectivity index (χ0v) is 12.0. The molecule has 2 aliphatic rings. The van der Waals surface area contributed by atoms with Crippen LogP contribution >= 0.6 is 0 Å². The standard InChI is InChI=1S/C18H26O/c1-2-13-8-10-15(11-9-13)18(19)17-12-16(17)14-6-4-3-5-7-14/h3-7,13,15-19H,2,8-12H2,1H3. The molecule has 3 atom stereocenters. The lowest BCUT2D eigenvalue weighted by Crippen LogP contribution is -2.27. The van der Waals surface area contributed by atoms with Gasteiger partial charge in [-0.3, -0.25) is 0 Å². The Kier molecular flexibility index (Phi) is 3.93. The molecule has 3 rings (SSSR count). The van der Waals surface area contributed by atoms with E-state index in [1.807, 2.05) is 0 Å². The van der Waals surface area contributed by atoms with Gasteiger partial charge in [0.25, 0.3) is 0 Å². The maximum absolute atomic E-state index is 10.6. The number of aliphatic hydroxyl groups excluding tert-OH is 1. The summed E-state index contributed by atoms with van der Waals surface area (Å²) in [5.74, 6) is 2.65. The first-order chi connectivity index (χ1) is 9.29. The molecule has 0 heterocycles. The third-order valence-corrected chi connectivity index (χ3v) is 5.46. The quantitative estimate of drug-likeness (QED) is 0.850. The van der Waals surface area contributed by atoms with Gasteiger partial charge in [-0.1, -0.05) is 56.5 Å². The second kappa shape index (κ2) is 5.66. The molecule has 0 spiro atoms. The first-order valence-electron chi connectivity index (χ1n) is 8.02. The highest BCUT2D eigenvalue weighted by Crippen LogP contribution is 2.52. The SMILES string of the molecule is CCC1CCC(C(O)C2CC2c2ccccc2)CC1. The van der Waals surface area contributed by atoms with Crippen molar-refractivity contribution >= 4 is 0 Å². The third-order valence-electron chi connectivity index (χ3n) is 5.46. The van der Waals surface area contributed by atoms with Crippen LogP contribution < -0.4 is 0 Å². The van der Waals surface area contributed by atoms with E-state index in [0.717, 1.165) is 5.92 Å². The van der Waals surface area contributed by atoms with Crippen molar-refractivity contribution in [2.45, 2.75) is 57.5 Å². The molecule has 3 unspecified atom stereocenters. The highest BCUT2D eigenvalue weighted by atomic mass is 16.3. The van der Waals surface area contributed by atoms with Gasteiger partial charge in [0.1, 0.15) is 0 Å². The maximum Gasteiger partial charge on any atom is 0.0602 e. The molecule has 0 saturated heterocycles. The van der Waals surface area contributed by atoms with E-state index in [4.69, 9.17) is 0 Å². The fourth-order valence-corrected chi connectivity index (χ4v) is 3.96. The van der Waals surface area contributed by atoms with Gasteiger partial charge in [0.05, 0.1) is 6.10 Å². The van der Waals surface area contributed by atoms with Gasteiger partial charge < -0.3 is 5.11 Å². The molecule has 0 radical (unpaired) electrons. The normalized spacial score (nSPS) is 35.9. The van der Waals surface area contributed by atoms with Crippen LogP contribution in [0.3, 0.4) is 0 Å². The molecule has 2 aliphatic carbocycles. The minimum atomic E-state index is -0.0528. The van der Waals surface area contributed by atoms with Crippen LogP contribution in [0.2, 0.25) is 0 Å². The molecule has 104 valence electrons. The molecule has 1 nitrogen and oxygen atoms in total. The van der Waals surface area contributed by atoms with Crippen molar-refractivity contribution in [3.63, 3.8) is 0 Å². The molecule has 0 amide bonds. The van der Waals surface area contributed by atoms with Crippen LogP contribution in [0.1, 0.15) is 56.9 Å². The lowest BCUT2D eigenvalue weighted by Gasteiger charge is -2.31. The second-order valence-electron chi connectivity index (χ2n) is 6.60. The van der Waals surface area contributed by atoms with Gasteiger partial charge in [-0.25, -0.2) is 0 Å². The summed E-state index contributed by atoms with van der Waals surface area (Å²) in [5, 5.41) is 10.6. The molecule has 1 heteroatoms. The summed E-state index contributed by atoms with van der Waals surface area (Å²) in [4.78, 5) is 0. The van der Waals surface area contributed by atoms with E-state index >= 15 is 0 Å². The summed E-state index contributed by atoms with van der Waals surface area (Å²) >= 11 is 0. The van der Waals surface area contributed by atoms with Crippen LogP contribution in [0.15, 0.2) is 30.3 Å². The summed E-state index contributed by atoms with van der Waals surface area (Å²) in [6, 6.07) is 10.7. The predicted octanol–water partition coefficient (Wildman–Crippen LogP) is 4.37. The van der Waals surface area contributed by atoms with Crippen LogP contribution in [0, 0.1) is 17.8 Å². The Morgan fingerprint density at radius 2 is 1.79 bits per heavy atom. The van der Waals surface area contributed by atoms with Gasteiger partial charge in [-0.05, 0) is 48.5 Å². The fraction of sp³-hybridized carbons (Fsp3) is 0.667. The Hall–Kier alpha value is -0.820. The first-order valence-corrected chi connectivity index (χ1v) is 8.02. The van der Waals surface area contributed by atoms with Gasteiger partial charge in [-0.2, -0.15) is 0 Å². The highest BCUT2D eigenvalue weighted by Gasteiger charge is 2.46. The molecule has 2 fully saturated rings. The molecule has 0 bridgehead atoms. The average molecular weight is 258 g/mol. The van der Waals surface area contributed by atoms with Crippen LogP contribution in [-0.2, 0) is 0 Å². The van der Waals surface area contributed by atoms with Crippen molar-refractivity contribution in [2.24, 2.45) is 17.8 Å². The molecule has 1 N–H and O–H groups in total. The van der Waals surface area contributed by atoms with Crippen molar-refractivity contribution in [2.75, 3.05) is 0 Å². The zero-order valence-electron chi connectivity index (χ0n) is 12.0. The minimum absolute atomic E-state index is 0.0528. The highest BCUT2D eigenvalue weighted by molar-refractivity contribution is 5.26. The molecule has 19 heavy (non-hydrogen) atoms. The van der Waals surface area contributed by atoms with Gasteiger partial charge in [0, 0.05) is 0 Å². The molecule has 1 aromatic rings. The molecule has 0 aliphatic heterocycles. The summed E-state index contributed by atoms with van der Waals surface area (Å²) in [7, 11) is 0. The van der Waals surface area contributed by atoms with Crippen LogP contribution in [0.4, 0.5) is 0 Å². The van der Waals surface area contributed by atoms with Gasteiger partial charge in [0.2, 0.25) is 0 Å². The number of hydrogen-bond donors (Lipinski definition) is 1. The second-order valence-corrected chi connectivity index (χ2v) is 6.60. The van der Waals surface area contributed by atoms with Crippen LogP contribution in [0.5, 0.6) is 0 Å². The average Bonchev–Trinajstić information content (AvgIpc) is 3.28. The predicted molar refractivity (Wildman–Crippen MR) is 79.0 cm³/mol. The summed E-state index contributed by atoms with van der Waals surface area (Å²) in [6.07, 6.45) is 7.62. The van der Waals surface area contributed by atoms with E-state index in [0.29, 0.717) is 17.8 Å². The first kappa shape index (κ1) is 13.2. The summed E-state index contributed by atoms with van der Waals surface area (Å²) < 4.78 is 0. The number of hydrogen-bond acceptors (Lipinski definition) is 1. The Balaban J connectivity index is 1.54. The maximum atomic E-state index is 10.6. The van der Waals surface area contributed by atoms with E-state index in [9.17, 15) is 5.11 Å². The van der Waals surface area contributed by atoms with Crippen LogP contribution in [-0.4, -0.2) is 11.2 Å². The summed E-state index contributed by atoms with van der Waals surface area (Å²) in [6.45, 7) is 2.30. The monoisotopic (exact) mass is 258 g/mol. The zero-order chi connectivity index (χ0) is 13.2. The smallest absolute Gasteiger partial charge is 0.0602 e. The van der Waals surface area contributed by atoms with Gasteiger partial charge in [-0.15, -0.1) is 0 Å². The largest absolute Gasteiger partial charge is 0.393 e. The van der Waals surface area contributed by atoms with Gasteiger partial charge in [0.15, 0.2) is 0 Å². The van der Waals surface area contributed by atoms with Crippen LogP contribution in [0.25, 0.3) is 0 Å². The molecule has 0 aromatic heterocycles. The number of benzene rings is 1. The Morgan fingerprint density at radius 1 is 1.11 bits per heavy atom. The lowest BCUT2D eigenvalue weighted by atomic mass is 9.77. The third kappa shape index (κ3) is 2.86. The Bertz CT molecular complexity index is 391.